The van der Waals surface area contributed by atoms with Crippen molar-refractivity contribution in [3.05, 3.63) is 53.1 Å². The van der Waals surface area contributed by atoms with Gasteiger partial charge < -0.3 is 9.50 Å². The molecule has 5 nitrogen and oxygen atoms in total. The summed E-state index contributed by atoms with van der Waals surface area (Å²) in [6.07, 6.45) is -4.92. The lowest BCUT2D eigenvalue weighted by Crippen LogP contribution is -2.17. The highest BCUT2D eigenvalue weighted by molar-refractivity contribution is 7.87. The predicted octanol–water partition coefficient (Wildman–Crippen LogP) is 4.08. The molecular formula is C15H11ClF3NO4S. The molecular weight excluding hydrogens is 383 g/mol. The summed E-state index contributed by atoms with van der Waals surface area (Å²) in [5.41, 5.74) is -1.05. The molecule has 0 atom stereocenters. The third kappa shape index (κ3) is 4.86. The first-order valence-corrected chi connectivity index (χ1v) is 8.46. The van der Waals surface area contributed by atoms with Crippen molar-refractivity contribution in [3.8, 4) is 5.75 Å². The van der Waals surface area contributed by atoms with Crippen LogP contribution in [0, 0.1) is 0 Å². The van der Waals surface area contributed by atoms with Gasteiger partial charge in [-0.2, -0.15) is 21.6 Å². The molecule has 10 heteroatoms. The summed E-state index contributed by atoms with van der Waals surface area (Å²) in [5.74, 6) is -0.547. The zero-order valence-corrected chi connectivity index (χ0v) is 14.2. The molecule has 2 rings (SSSR count). The van der Waals surface area contributed by atoms with Crippen molar-refractivity contribution in [1.29, 1.82) is 0 Å². The van der Waals surface area contributed by atoms with Crippen LogP contribution in [-0.4, -0.2) is 14.3 Å². The molecule has 0 heterocycles. The molecule has 2 aromatic rings. The Morgan fingerprint density at radius 2 is 1.72 bits per heavy atom. The molecule has 0 fully saturated rings. The molecule has 0 aliphatic heterocycles. The third-order valence-corrected chi connectivity index (χ3v) is 4.44. The summed E-state index contributed by atoms with van der Waals surface area (Å²) in [6, 6.07) is 7.35. The third-order valence-electron chi connectivity index (χ3n) is 2.90. The van der Waals surface area contributed by atoms with E-state index in [-0.39, 0.29) is 16.7 Å². The minimum atomic E-state index is -4.92. The van der Waals surface area contributed by atoms with Gasteiger partial charge in [0.05, 0.1) is 5.56 Å². The number of amides is 1. The number of nitrogens with one attached hydrogen (secondary N) is 1. The Labute approximate surface area is 146 Å². The summed E-state index contributed by atoms with van der Waals surface area (Å²) in [5, 5.41) is 2.20. The molecule has 1 amide bonds. The second-order valence-corrected chi connectivity index (χ2v) is 6.83. The van der Waals surface area contributed by atoms with Gasteiger partial charge in [0, 0.05) is 17.6 Å². The number of halogens is 4. The van der Waals surface area contributed by atoms with Crippen LogP contribution in [0.1, 0.15) is 12.5 Å². The number of hydrogen-bond acceptors (Lipinski definition) is 4. The van der Waals surface area contributed by atoms with Crippen LogP contribution in [0.25, 0.3) is 0 Å². The van der Waals surface area contributed by atoms with Crippen LogP contribution in [-0.2, 0) is 21.1 Å². The first-order chi connectivity index (χ1) is 11.5. The van der Waals surface area contributed by atoms with E-state index in [4.69, 9.17) is 15.8 Å². The fourth-order valence-electron chi connectivity index (χ4n) is 1.91. The number of carbonyl (C=O) groups excluding carboxylic acids is 1. The molecule has 0 saturated carbocycles. The molecule has 0 aromatic heterocycles. The van der Waals surface area contributed by atoms with Crippen molar-refractivity contribution in [2.45, 2.75) is 18.0 Å². The van der Waals surface area contributed by atoms with Crippen molar-refractivity contribution in [1.82, 2.24) is 0 Å². The van der Waals surface area contributed by atoms with Crippen molar-refractivity contribution < 1.29 is 30.6 Å². The van der Waals surface area contributed by atoms with Gasteiger partial charge in [-0.1, -0.05) is 11.6 Å². The Balaban J connectivity index is 2.35. The summed E-state index contributed by atoms with van der Waals surface area (Å²) >= 11 is 5.52. The van der Waals surface area contributed by atoms with E-state index in [2.05, 4.69) is 5.32 Å². The van der Waals surface area contributed by atoms with Crippen LogP contribution in [0.4, 0.5) is 18.9 Å². The predicted molar refractivity (Wildman–Crippen MR) is 85.0 cm³/mol. The minimum Gasteiger partial charge on any atom is -0.379 e. The fraction of sp³-hybridized carbons (Fsp3) is 0.133. The topological polar surface area (TPSA) is 72.5 Å². The lowest BCUT2D eigenvalue weighted by atomic mass is 10.2. The molecule has 0 unspecified atom stereocenters. The van der Waals surface area contributed by atoms with Crippen molar-refractivity contribution in [2.75, 3.05) is 5.32 Å². The summed E-state index contributed by atoms with van der Waals surface area (Å²) in [4.78, 5) is 9.87. The Morgan fingerprint density at radius 1 is 1.12 bits per heavy atom. The molecule has 0 radical (unpaired) electrons. The molecule has 0 bridgehead atoms. The number of alkyl halides is 3. The van der Waals surface area contributed by atoms with E-state index in [9.17, 15) is 26.4 Å². The Hall–Kier alpha value is -2.26. The maximum Gasteiger partial charge on any atom is 0.417 e. The highest BCUT2D eigenvalue weighted by Crippen LogP contribution is 2.36. The molecule has 25 heavy (non-hydrogen) atoms. The summed E-state index contributed by atoms with van der Waals surface area (Å²) < 4.78 is 68.3. The second-order valence-electron chi connectivity index (χ2n) is 4.88. The normalized spacial score (nSPS) is 11.9. The highest BCUT2D eigenvalue weighted by Gasteiger charge is 2.38. The SMILES string of the molecule is CC(=O)Nc1ccc(OS(=O)(=O)c2ccc(Cl)cc2C(F)(F)F)cc1. The monoisotopic (exact) mass is 393 g/mol. The largest absolute Gasteiger partial charge is 0.417 e. The van der Waals surface area contributed by atoms with Crippen LogP contribution < -0.4 is 9.50 Å². The van der Waals surface area contributed by atoms with Gasteiger partial charge in [0.25, 0.3) is 0 Å². The number of carbonyl (C=O) groups is 1. The van der Waals surface area contributed by atoms with Gasteiger partial charge in [0.2, 0.25) is 5.91 Å². The lowest BCUT2D eigenvalue weighted by molar-refractivity contribution is -0.140. The molecule has 0 aliphatic carbocycles. The van der Waals surface area contributed by atoms with Gasteiger partial charge in [0.1, 0.15) is 10.6 Å². The molecule has 2 aromatic carbocycles. The van der Waals surface area contributed by atoms with Crippen molar-refractivity contribution in [2.24, 2.45) is 0 Å². The van der Waals surface area contributed by atoms with Crippen LogP contribution in [0.3, 0.4) is 0 Å². The van der Waals surface area contributed by atoms with Crippen LogP contribution in [0.5, 0.6) is 5.75 Å². The number of rotatable bonds is 4. The Morgan fingerprint density at radius 3 is 2.24 bits per heavy atom. The van der Waals surface area contributed by atoms with Gasteiger partial charge in [-0.25, -0.2) is 0 Å². The molecule has 0 saturated heterocycles. The highest BCUT2D eigenvalue weighted by atomic mass is 35.5. The van der Waals surface area contributed by atoms with E-state index < -0.39 is 26.8 Å². The summed E-state index contributed by atoms with van der Waals surface area (Å²) in [7, 11) is -4.75. The quantitative estimate of drug-likeness (QED) is 0.794. The van der Waals surface area contributed by atoms with Crippen molar-refractivity contribution in [3.63, 3.8) is 0 Å². The average molecular weight is 394 g/mol. The van der Waals surface area contributed by atoms with E-state index >= 15 is 0 Å². The molecule has 134 valence electrons. The standard InChI is InChI=1S/C15H11ClF3NO4S/c1-9(21)20-11-3-5-12(6-4-11)24-25(22,23)14-7-2-10(16)8-13(14)15(17,18)19/h2-8H,1H3,(H,20,21). The summed E-state index contributed by atoms with van der Waals surface area (Å²) in [6.45, 7) is 1.29. The number of benzene rings is 2. The minimum absolute atomic E-state index is 0.211. The maximum absolute atomic E-state index is 13.1. The van der Waals surface area contributed by atoms with E-state index in [1.807, 2.05) is 0 Å². The zero-order chi connectivity index (χ0) is 18.8. The average Bonchev–Trinajstić information content (AvgIpc) is 2.47. The van der Waals surface area contributed by atoms with E-state index in [0.29, 0.717) is 11.8 Å². The second kappa shape index (κ2) is 6.93. The van der Waals surface area contributed by atoms with Gasteiger partial charge in [0.15, 0.2) is 0 Å². The van der Waals surface area contributed by atoms with Gasteiger partial charge in [-0.05, 0) is 42.5 Å². The van der Waals surface area contributed by atoms with Crippen LogP contribution in [0.2, 0.25) is 5.02 Å². The zero-order valence-electron chi connectivity index (χ0n) is 12.6. The first-order valence-electron chi connectivity index (χ1n) is 6.68. The van der Waals surface area contributed by atoms with Gasteiger partial charge in [-0.15, -0.1) is 0 Å². The first kappa shape index (κ1) is 19.1. The van der Waals surface area contributed by atoms with E-state index in [1.165, 1.54) is 31.2 Å². The fourth-order valence-corrected chi connectivity index (χ4v) is 3.22. The van der Waals surface area contributed by atoms with Crippen LogP contribution in [0.15, 0.2) is 47.4 Å². The Bertz CT molecular complexity index is 896. The molecule has 1 N–H and O–H groups in total. The molecule has 0 aliphatic rings. The lowest BCUT2D eigenvalue weighted by Gasteiger charge is -2.14. The van der Waals surface area contributed by atoms with E-state index in [0.717, 1.165) is 12.1 Å². The smallest absolute Gasteiger partial charge is 0.379 e. The van der Waals surface area contributed by atoms with Crippen molar-refractivity contribution >= 4 is 33.3 Å². The number of hydrogen-bond donors (Lipinski definition) is 1. The van der Waals surface area contributed by atoms with Gasteiger partial charge >= 0.3 is 16.3 Å². The Kier molecular flexibility index (Phi) is 5.28. The van der Waals surface area contributed by atoms with Gasteiger partial charge in [-0.3, -0.25) is 4.79 Å². The maximum atomic E-state index is 13.1. The van der Waals surface area contributed by atoms with Crippen LogP contribution >= 0.6 is 11.6 Å². The number of anilines is 1. The van der Waals surface area contributed by atoms with E-state index in [1.54, 1.807) is 0 Å². The molecule has 0 spiro atoms.